The smallest absolute Gasteiger partial charge is 0.251 e. The maximum Gasteiger partial charge on any atom is 0.251 e. The number of benzene rings is 1. The molecule has 1 aromatic rings. The first-order valence-corrected chi connectivity index (χ1v) is 6.56. The van der Waals surface area contributed by atoms with Crippen molar-refractivity contribution in [2.45, 2.75) is 32.6 Å². The predicted molar refractivity (Wildman–Crippen MR) is 73.3 cm³/mol. The van der Waals surface area contributed by atoms with Gasteiger partial charge in [0.1, 0.15) is 0 Å². The van der Waals surface area contributed by atoms with Gasteiger partial charge in [0.25, 0.3) is 5.91 Å². The van der Waals surface area contributed by atoms with Crippen molar-refractivity contribution < 1.29 is 4.79 Å². The van der Waals surface area contributed by atoms with Crippen molar-refractivity contribution in [1.82, 2.24) is 5.32 Å². The van der Waals surface area contributed by atoms with E-state index >= 15 is 0 Å². The van der Waals surface area contributed by atoms with Crippen molar-refractivity contribution in [3.8, 4) is 0 Å². The molecule has 0 spiro atoms. The Bertz CT molecular complexity index is 427. The minimum absolute atomic E-state index is 0.00962. The summed E-state index contributed by atoms with van der Waals surface area (Å²) < 4.78 is 0. The Morgan fingerprint density at radius 1 is 1.44 bits per heavy atom. The Labute approximate surface area is 108 Å². The molecule has 0 atom stereocenters. The van der Waals surface area contributed by atoms with E-state index in [4.69, 9.17) is 5.84 Å². The number of carbonyl (C=O) groups is 1. The maximum atomic E-state index is 12.0. The molecular weight excluding hydrogens is 226 g/mol. The van der Waals surface area contributed by atoms with Crippen molar-refractivity contribution in [2.24, 2.45) is 11.8 Å². The molecule has 4 heteroatoms. The lowest BCUT2D eigenvalue weighted by atomic mass is 9.83. The number of hydrogen-bond donors (Lipinski definition) is 3. The zero-order valence-electron chi connectivity index (χ0n) is 10.8. The molecule has 1 aromatic carbocycles. The second-order valence-corrected chi connectivity index (χ2v) is 5.02. The van der Waals surface area contributed by atoms with Crippen LogP contribution >= 0.6 is 0 Å². The van der Waals surface area contributed by atoms with Crippen LogP contribution in [0, 0.1) is 12.8 Å². The standard InChI is InChI=1S/C14H21N3O/c1-10-9-12(17-15)5-6-13(10)14(18)16-8-7-11-3-2-4-11/h5-6,9,11,17H,2-4,7-8,15H2,1H3,(H,16,18). The normalized spacial score (nSPS) is 15.0. The molecule has 98 valence electrons. The fourth-order valence-corrected chi connectivity index (χ4v) is 2.27. The molecule has 0 unspecified atom stereocenters. The predicted octanol–water partition coefficient (Wildman–Crippen LogP) is 2.20. The summed E-state index contributed by atoms with van der Waals surface area (Å²) in [6, 6.07) is 5.50. The van der Waals surface area contributed by atoms with Gasteiger partial charge >= 0.3 is 0 Å². The molecule has 1 saturated carbocycles. The van der Waals surface area contributed by atoms with E-state index in [1.54, 1.807) is 0 Å². The summed E-state index contributed by atoms with van der Waals surface area (Å²) in [6.45, 7) is 2.70. The summed E-state index contributed by atoms with van der Waals surface area (Å²) >= 11 is 0. The van der Waals surface area contributed by atoms with Gasteiger partial charge in [0.15, 0.2) is 0 Å². The van der Waals surface area contributed by atoms with Crippen molar-refractivity contribution in [3.63, 3.8) is 0 Å². The molecule has 18 heavy (non-hydrogen) atoms. The van der Waals surface area contributed by atoms with Crippen molar-refractivity contribution in [3.05, 3.63) is 29.3 Å². The first-order valence-electron chi connectivity index (χ1n) is 6.56. The lowest BCUT2D eigenvalue weighted by Gasteiger charge is -2.25. The van der Waals surface area contributed by atoms with E-state index in [1.807, 2.05) is 25.1 Å². The van der Waals surface area contributed by atoms with Crippen molar-refractivity contribution >= 4 is 11.6 Å². The molecule has 0 radical (unpaired) electrons. The van der Waals surface area contributed by atoms with E-state index in [2.05, 4.69) is 10.7 Å². The van der Waals surface area contributed by atoms with Gasteiger partial charge in [0.05, 0.1) is 0 Å². The number of carbonyl (C=O) groups excluding carboxylic acids is 1. The molecule has 4 nitrogen and oxygen atoms in total. The molecule has 0 aromatic heterocycles. The maximum absolute atomic E-state index is 12.0. The summed E-state index contributed by atoms with van der Waals surface area (Å²) in [7, 11) is 0. The van der Waals surface area contributed by atoms with Crippen LogP contribution < -0.4 is 16.6 Å². The van der Waals surface area contributed by atoms with Gasteiger partial charge in [-0.25, -0.2) is 0 Å². The minimum atomic E-state index is 0.00962. The Hall–Kier alpha value is -1.55. The van der Waals surface area contributed by atoms with E-state index in [1.165, 1.54) is 19.3 Å². The second kappa shape index (κ2) is 5.87. The van der Waals surface area contributed by atoms with Gasteiger partial charge in [-0.2, -0.15) is 0 Å². The van der Waals surface area contributed by atoms with Gasteiger partial charge in [-0.05, 0) is 43.0 Å². The average molecular weight is 247 g/mol. The van der Waals surface area contributed by atoms with E-state index in [0.29, 0.717) is 0 Å². The number of hydrazine groups is 1. The van der Waals surface area contributed by atoms with Crippen LogP contribution in [-0.2, 0) is 0 Å². The van der Waals surface area contributed by atoms with Crippen LogP contribution in [0.15, 0.2) is 18.2 Å². The topological polar surface area (TPSA) is 67.1 Å². The van der Waals surface area contributed by atoms with Crippen LogP contribution in [0.2, 0.25) is 0 Å². The third-order valence-corrected chi connectivity index (χ3v) is 3.70. The lowest BCUT2D eigenvalue weighted by Crippen LogP contribution is -2.28. The minimum Gasteiger partial charge on any atom is -0.352 e. The van der Waals surface area contributed by atoms with Gasteiger partial charge in [0, 0.05) is 17.8 Å². The second-order valence-electron chi connectivity index (χ2n) is 5.02. The Morgan fingerprint density at radius 3 is 2.78 bits per heavy atom. The van der Waals surface area contributed by atoms with Gasteiger partial charge in [-0.15, -0.1) is 0 Å². The van der Waals surface area contributed by atoms with Crippen LogP contribution in [0.4, 0.5) is 5.69 Å². The molecule has 2 rings (SSSR count). The number of hydrogen-bond acceptors (Lipinski definition) is 3. The SMILES string of the molecule is Cc1cc(NN)ccc1C(=O)NCCC1CCC1. The van der Waals surface area contributed by atoms with Crippen LogP contribution in [0.5, 0.6) is 0 Å². The largest absolute Gasteiger partial charge is 0.352 e. The Kier molecular flexibility index (Phi) is 4.20. The number of nitrogen functional groups attached to an aromatic ring is 1. The number of anilines is 1. The molecule has 1 fully saturated rings. The molecule has 1 aliphatic carbocycles. The van der Waals surface area contributed by atoms with E-state index in [0.717, 1.165) is 35.7 Å². The number of rotatable bonds is 5. The molecule has 0 aliphatic heterocycles. The van der Waals surface area contributed by atoms with Crippen LogP contribution in [0.1, 0.15) is 41.6 Å². The number of nitrogens with two attached hydrogens (primary N) is 1. The molecular formula is C14H21N3O. The fourth-order valence-electron chi connectivity index (χ4n) is 2.27. The number of amides is 1. The first kappa shape index (κ1) is 12.9. The third-order valence-electron chi connectivity index (χ3n) is 3.70. The fraction of sp³-hybridized carbons (Fsp3) is 0.500. The summed E-state index contributed by atoms with van der Waals surface area (Å²) in [4.78, 5) is 12.0. The molecule has 0 saturated heterocycles. The summed E-state index contributed by atoms with van der Waals surface area (Å²) in [6.07, 6.45) is 5.11. The summed E-state index contributed by atoms with van der Waals surface area (Å²) in [5.74, 6) is 6.17. The van der Waals surface area contributed by atoms with E-state index in [9.17, 15) is 4.79 Å². The highest BCUT2D eigenvalue weighted by Crippen LogP contribution is 2.28. The van der Waals surface area contributed by atoms with Gasteiger partial charge in [0.2, 0.25) is 0 Å². The zero-order chi connectivity index (χ0) is 13.0. The highest BCUT2D eigenvalue weighted by Gasteiger charge is 2.17. The number of nitrogens with one attached hydrogen (secondary N) is 2. The first-order chi connectivity index (χ1) is 8.70. The van der Waals surface area contributed by atoms with Crippen LogP contribution in [-0.4, -0.2) is 12.5 Å². The highest BCUT2D eigenvalue weighted by molar-refractivity contribution is 5.96. The van der Waals surface area contributed by atoms with Crippen molar-refractivity contribution in [2.75, 3.05) is 12.0 Å². The Balaban J connectivity index is 1.87. The third kappa shape index (κ3) is 3.01. The Morgan fingerprint density at radius 2 is 2.22 bits per heavy atom. The summed E-state index contributed by atoms with van der Waals surface area (Å²) in [5, 5.41) is 2.99. The van der Waals surface area contributed by atoms with E-state index in [-0.39, 0.29) is 5.91 Å². The molecule has 0 bridgehead atoms. The van der Waals surface area contributed by atoms with Crippen LogP contribution in [0.3, 0.4) is 0 Å². The monoisotopic (exact) mass is 247 g/mol. The molecule has 0 heterocycles. The zero-order valence-corrected chi connectivity index (χ0v) is 10.8. The van der Waals surface area contributed by atoms with Gasteiger partial charge in [-0.1, -0.05) is 19.3 Å². The molecule has 4 N–H and O–H groups in total. The average Bonchev–Trinajstić information content (AvgIpc) is 2.31. The van der Waals surface area contributed by atoms with Crippen molar-refractivity contribution in [1.29, 1.82) is 0 Å². The highest BCUT2D eigenvalue weighted by atomic mass is 16.1. The van der Waals surface area contributed by atoms with E-state index < -0.39 is 0 Å². The van der Waals surface area contributed by atoms with Gasteiger partial charge in [-0.3, -0.25) is 10.6 Å². The van der Waals surface area contributed by atoms with Gasteiger partial charge < -0.3 is 10.7 Å². The quantitative estimate of drug-likeness (QED) is 0.552. The molecule has 1 aliphatic rings. The number of aryl methyl sites for hydroxylation is 1. The summed E-state index contributed by atoms with van der Waals surface area (Å²) in [5.41, 5.74) is 5.05. The van der Waals surface area contributed by atoms with Crippen LogP contribution in [0.25, 0.3) is 0 Å². The lowest BCUT2D eigenvalue weighted by molar-refractivity contribution is 0.0948. The molecule has 1 amide bonds.